The first-order valence-electron chi connectivity index (χ1n) is 9.87. The van der Waals surface area contributed by atoms with Crippen LogP contribution in [-0.2, 0) is 14.2 Å². The van der Waals surface area contributed by atoms with Gasteiger partial charge in [-0.2, -0.15) is 0 Å². The predicted molar refractivity (Wildman–Crippen MR) is 120 cm³/mol. The number of amides is 2. The van der Waals surface area contributed by atoms with E-state index < -0.39 is 18.3 Å². The van der Waals surface area contributed by atoms with Gasteiger partial charge in [0.15, 0.2) is 16.8 Å². The number of imidazole rings is 1. The molecule has 31 heavy (non-hydrogen) atoms. The van der Waals surface area contributed by atoms with Gasteiger partial charge in [0.05, 0.1) is 19.7 Å². The molecule has 0 saturated carbocycles. The highest BCUT2D eigenvalue weighted by atomic mass is 32.1. The number of aromatic amines is 1. The molecule has 0 aliphatic carbocycles. The number of hydrogen-bond acceptors (Lipinski definition) is 6. The van der Waals surface area contributed by atoms with Gasteiger partial charge in [-0.15, -0.1) is 0 Å². The minimum absolute atomic E-state index is 0.119. The number of rotatable bonds is 9. The molecule has 0 aliphatic rings. The highest BCUT2D eigenvalue weighted by Gasteiger charge is 2.27. The van der Waals surface area contributed by atoms with E-state index >= 15 is 0 Å². The number of H-pyrrole nitrogens is 1. The van der Waals surface area contributed by atoms with Crippen LogP contribution in [0, 0.1) is 18.6 Å². The highest BCUT2D eigenvalue weighted by molar-refractivity contribution is 7.71. The average Bonchev–Trinajstić information content (AvgIpc) is 3.06. The number of nitrogens with zero attached hydrogens (tertiary/aromatic N) is 1. The summed E-state index contributed by atoms with van der Waals surface area (Å²) in [4.78, 5) is 28.0. The van der Waals surface area contributed by atoms with Gasteiger partial charge in [0.1, 0.15) is 5.82 Å². The maximum Gasteiger partial charge on any atom is 0.358 e. The molecule has 2 rings (SSSR count). The van der Waals surface area contributed by atoms with E-state index in [1.54, 1.807) is 4.57 Å². The van der Waals surface area contributed by atoms with Crippen LogP contribution in [0.2, 0.25) is 0 Å². The summed E-state index contributed by atoms with van der Waals surface area (Å²) in [6, 6.07) is 5.36. The number of carbonyl (C=O) groups is 2. The molecular weight excluding hydrogens is 420 g/mol. The zero-order valence-electron chi connectivity index (χ0n) is 18.7. The van der Waals surface area contributed by atoms with Gasteiger partial charge in [0.2, 0.25) is 0 Å². The summed E-state index contributed by atoms with van der Waals surface area (Å²) in [6.07, 6.45) is 0.0800. The summed E-state index contributed by atoms with van der Waals surface area (Å²) in [5, 5.41) is 5.26. The normalized spacial score (nSPS) is 12.0. The van der Waals surface area contributed by atoms with Gasteiger partial charge < -0.3 is 29.1 Å². The first kappa shape index (κ1) is 24.6. The molecule has 1 aromatic carbocycles. The Hall–Kier alpha value is -2.69. The van der Waals surface area contributed by atoms with Crippen LogP contribution in [0.25, 0.3) is 0 Å². The van der Waals surface area contributed by atoms with Gasteiger partial charge in [-0.3, -0.25) is 5.32 Å². The van der Waals surface area contributed by atoms with Gasteiger partial charge in [0.25, 0.3) is 0 Å². The third kappa shape index (κ3) is 5.72. The summed E-state index contributed by atoms with van der Waals surface area (Å²) in [7, 11) is 4.22. The van der Waals surface area contributed by atoms with Gasteiger partial charge in [-0.05, 0) is 49.2 Å². The van der Waals surface area contributed by atoms with Crippen LogP contribution >= 0.6 is 12.2 Å². The second kappa shape index (κ2) is 11.1. The van der Waals surface area contributed by atoms with Crippen LogP contribution in [0.4, 0.5) is 10.6 Å². The van der Waals surface area contributed by atoms with E-state index in [4.69, 9.17) is 26.4 Å². The Morgan fingerprint density at radius 3 is 2.39 bits per heavy atom. The largest absolute Gasteiger partial charge is 0.464 e. The molecule has 1 aromatic heterocycles. The Balaban J connectivity index is 2.43. The molecule has 0 saturated heterocycles. The lowest BCUT2D eigenvalue weighted by atomic mass is 9.99. The maximum absolute atomic E-state index is 12.7. The topological polar surface area (TPSA) is 107 Å². The van der Waals surface area contributed by atoms with Gasteiger partial charge in [-0.1, -0.05) is 25.1 Å². The number of benzene rings is 1. The molecule has 0 bridgehead atoms. The minimum atomic E-state index is -0.614. The standard InChI is InChI=1S/C21H30N4O5S/c1-7-15(14-9-8-12(2)13(3)10-14)25-17(19(26)30-6)18(24-21(25)31)23-20(27)22-11-16(28-4)29-5/h8-10,15-16H,7,11H2,1-6H3,(H,24,31)(H2,22,23,27). The van der Waals surface area contributed by atoms with Crippen molar-refractivity contribution in [2.45, 2.75) is 39.5 Å². The number of aromatic nitrogens is 2. The second-order valence-corrected chi connectivity index (χ2v) is 7.41. The first-order valence-corrected chi connectivity index (χ1v) is 10.3. The molecule has 2 amide bonds. The SMILES string of the molecule is CCC(c1ccc(C)c(C)c1)n1c(C(=O)OC)c(NC(=O)NCC(OC)OC)[nH]c1=S. The molecule has 1 atom stereocenters. The number of hydrogen-bond donors (Lipinski definition) is 3. The summed E-state index contributed by atoms with van der Waals surface area (Å²) in [5.41, 5.74) is 3.46. The Labute approximate surface area is 187 Å². The number of aryl methyl sites for hydroxylation is 2. The van der Waals surface area contributed by atoms with Crippen molar-refractivity contribution in [1.29, 1.82) is 0 Å². The number of carbonyl (C=O) groups excluding carboxylic acids is 2. The van der Waals surface area contributed by atoms with E-state index in [1.165, 1.54) is 26.9 Å². The van der Waals surface area contributed by atoms with E-state index in [-0.39, 0.29) is 24.1 Å². The molecular formula is C21H30N4O5S. The molecule has 0 spiro atoms. The number of esters is 1. The first-order chi connectivity index (χ1) is 14.8. The molecule has 2 aromatic rings. The van der Waals surface area contributed by atoms with Crippen molar-refractivity contribution in [1.82, 2.24) is 14.9 Å². The van der Waals surface area contributed by atoms with Gasteiger partial charge in [-0.25, -0.2) is 9.59 Å². The summed E-state index contributed by atoms with van der Waals surface area (Å²) in [5.74, 6) is -0.459. The smallest absolute Gasteiger partial charge is 0.358 e. The van der Waals surface area contributed by atoms with E-state index in [0.29, 0.717) is 11.2 Å². The zero-order chi connectivity index (χ0) is 23.1. The van der Waals surface area contributed by atoms with Crippen molar-refractivity contribution in [3.8, 4) is 0 Å². The van der Waals surface area contributed by atoms with E-state index in [9.17, 15) is 9.59 Å². The van der Waals surface area contributed by atoms with Crippen molar-refractivity contribution < 1.29 is 23.8 Å². The number of methoxy groups -OCH3 is 3. The maximum atomic E-state index is 12.7. The Bertz CT molecular complexity index is 981. The number of ether oxygens (including phenoxy) is 3. The van der Waals surface area contributed by atoms with Crippen molar-refractivity contribution in [2.75, 3.05) is 33.2 Å². The van der Waals surface area contributed by atoms with Crippen LogP contribution in [-0.4, -0.2) is 55.7 Å². The lowest BCUT2D eigenvalue weighted by molar-refractivity contribution is -0.0970. The van der Waals surface area contributed by atoms with E-state index in [1.807, 2.05) is 32.9 Å². The van der Waals surface area contributed by atoms with Crippen LogP contribution in [0.5, 0.6) is 0 Å². The number of anilines is 1. The van der Waals surface area contributed by atoms with Crippen LogP contribution in [0.15, 0.2) is 18.2 Å². The lowest BCUT2D eigenvalue weighted by Gasteiger charge is -2.21. The zero-order valence-corrected chi connectivity index (χ0v) is 19.5. The third-order valence-electron chi connectivity index (χ3n) is 5.11. The van der Waals surface area contributed by atoms with E-state index in [2.05, 4.69) is 21.7 Å². The molecule has 3 N–H and O–H groups in total. The second-order valence-electron chi connectivity index (χ2n) is 7.02. The van der Waals surface area contributed by atoms with E-state index in [0.717, 1.165) is 11.1 Å². The molecule has 1 unspecified atom stereocenters. The van der Waals surface area contributed by atoms with Crippen LogP contribution < -0.4 is 10.6 Å². The van der Waals surface area contributed by atoms with Crippen LogP contribution in [0.3, 0.4) is 0 Å². The van der Waals surface area contributed by atoms with Gasteiger partial charge in [0, 0.05) is 14.2 Å². The fraction of sp³-hybridized carbons (Fsp3) is 0.476. The number of urea groups is 1. The summed E-state index contributed by atoms with van der Waals surface area (Å²) >= 11 is 5.51. The third-order valence-corrected chi connectivity index (χ3v) is 5.41. The minimum Gasteiger partial charge on any atom is -0.464 e. The Morgan fingerprint density at radius 1 is 1.16 bits per heavy atom. The number of nitrogens with one attached hydrogen (secondary N) is 3. The van der Waals surface area contributed by atoms with Crippen molar-refractivity contribution in [2.24, 2.45) is 0 Å². The Morgan fingerprint density at radius 2 is 1.84 bits per heavy atom. The monoisotopic (exact) mass is 450 g/mol. The predicted octanol–water partition coefficient (Wildman–Crippen LogP) is 3.69. The molecule has 0 fully saturated rings. The molecule has 0 aliphatic heterocycles. The quantitative estimate of drug-likeness (QED) is 0.306. The summed E-state index contributed by atoms with van der Waals surface area (Å²) in [6.45, 7) is 6.20. The highest BCUT2D eigenvalue weighted by Crippen LogP contribution is 2.29. The molecule has 10 heteroatoms. The molecule has 170 valence electrons. The summed E-state index contributed by atoms with van der Waals surface area (Å²) < 4.78 is 17.1. The molecule has 0 radical (unpaired) electrons. The van der Waals surface area contributed by atoms with Crippen molar-refractivity contribution in [3.63, 3.8) is 0 Å². The van der Waals surface area contributed by atoms with Crippen molar-refractivity contribution in [3.05, 3.63) is 45.4 Å². The molecule has 1 heterocycles. The fourth-order valence-corrected chi connectivity index (χ4v) is 3.59. The van der Waals surface area contributed by atoms with Crippen molar-refractivity contribution >= 4 is 30.0 Å². The lowest BCUT2D eigenvalue weighted by Crippen LogP contribution is -2.37. The fourth-order valence-electron chi connectivity index (χ4n) is 3.27. The van der Waals surface area contributed by atoms with Gasteiger partial charge >= 0.3 is 12.0 Å². The molecule has 9 nitrogen and oxygen atoms in total. The average molecular weight is 451 g/mol. The Kier molecular flexibility index (Phi) is 8.78. The van der Waals surface area contributed by atoms with Crippen LogP contribution in [0.1, 0.15) is 46.6 Å².